The molecule has 1 rings (SSSR count). The third-order valence-electron chi connectivity index (χ3n) is 2.03. The van der Waals surface area contributed by atoms with Gasteiger partial charge < -0.3 is 9.47 Å². The second-order valence-electron chi connectivity index (χ2n) is 3.11. The molecule has 0 amide bonds. The number of nitrogens with zero attached hydrogens (tertiary/aromatic N) is 2. The fourth-order valence-electron chi connectivity index (χ4n) is 1.29. The summed E-state index contributed by atoms with van der Waals surface area (Å²) in [6.45, 7) is 1.67. The van der Waals surface area contributed by atoms with E-state index in [4.69, 9.17) is 14.7 Å². The zero-order valence-electron chi connectivity index (χ0n) is 9.74. The number of pyridine rings is 1. The van der Waals surface area contributed by atoms with Gasteiger partial charge in [-0.25, -0.2) is 18.6 Å². The molecule has 0 saturated heterocycles. The lowest BCUT2D eigenvalue weighted by Gasteiger charge is -2.10. The van der Waals surface area contributed by atoms with E-state index in [-0.39, 0.29) is 17.9 Å². The number of hydrogen-bond donors (Lipinski definition) is 0. The fraction of sp³-hybridized carbons (Fsp3) is 0.364. The number of aromatic nitrogens is 1. The number of carbonyl (C=O) groups is 1. The monoisotopic (exact) mass is 256 g/mol. The van der Waals surface area contributed by atoms with Gasteiger partial charge in [0.25, 0.3) is 6.43 Å². The van der Waals surface area contributed by atoms with Gasteiger partial charge in [0.15, 0.2) is 5.69 Å². The van der Waals surface area contributed by atoms with Crippen LogP contribution in [0.2, 0.25) is 0 Å². The summed E-state index contributed by atoms with van der Waals surface area (Å²) in [5.74, 6) is -0.991. The van der Waals surface area contributed by atoms with Crippen LogP contribution in [0, 0.1) is 11.3 Å². The molecule has 1 aromatic rings. The Morgan fingerprint density at radius 3 is 2.72 bits per heavy atom. The van der Waals surface area contributed by atoms with Gasteiger partial charge in [0, 0.05) is 6.07 Å². The first-order chi connectivity index (χ1) is 8.54. The predicted octanol–water partition coefficient (Wildman–Crippen LogP) is 2.08. The molecule has 0 aromatic carbocycles. The average Bonchev–Trinajstić information content (AvgIpc) is 2.36. The normalized spacial score (nSPS) is 10.0. The van der Waals surface area contributed by atoms with Crippen molar-refractivity contribution >= 4 is 5.97 Å². The molecule has 0 unspecified atom stereocenters. The number of alkyl halides is 2. The van der Waals surface area contributed by atoms with Gasteiger partial charge in [0.2, 0.25) is 0 Å². The van der Waals surface area contributed by atoms with E-state index in [0.717, 1.165) is 6.07 Å². The minimum atomic E-state index is -2.86. The van der Waals surface area contributed by atoms with Crippen LogP contribution >= 0.6 is 0 Å². The Morgan fingerprint density at radius 2 is 2.28 bits per heavy atom. The lowest BCUT2D eigenvalue weighted by molar-refractivity contribution is 0.0521. The van der Waals surface area contributed by atoms with Gasteiger partial charge in [-0.2, -0.15) is 5.26 Å². The molecule has 0 aliphatic carbocycles. The first-order valence-corrected chi connectivity index (χ1v) is 4.99. The van der Waals surface area contributed by atoms with Crippen molar-refractivity contribution in [3.05, 3.63) is 23.0 Å². The summed E-state index contributed by atoms with van der Waals surface area (Å²) in [4.78, 5) is 15.0. The Hall–Kier alpha value is -2.23. The Balaban J connectivity index is 3.40. The van der Waals surface area contributed by atoms with E-state index in [1.165, 1.54) is 7.11 Å². The Labute approximate surface area is 102 Å². The number of hydrogen-bond acceptors (Lipinski definition) is 5. The molecular weight excluding hydrogens is 246 g/mol. The number of esters is 1. The van der Waals surface area contributed by atoms with E-state index in [2.05, 4.69) is 4.98 Å². The maximum absolute atomic E-state index is 12.5. The van der Waals surface area contributed by atoms with Crippen molar-refractivity contribution in [3.63, 3.8) is 0 Å². The van der Waals surface area contributed by atoms with Crippen LogP contribution in [0.25, 0.3) is 0 Å². The van der Waals surface area contributed by atoms with Gasteiger partial charge in [-0.05, 0) is 6.92 Å². The molecule has 96 valence electrons. The van der Waals surface area contributed by atoms with Crippen molar-refractivity contribution in [2.24, 2.45) is 0 Å². The number of ether oxygens (including phenoxy) is 2. The molecule has 0 aliphatic heterocycles. The topological polar surface area (TPSA) is 72.2 Å². The van der Waals surface area contributed by atoms with Crippen molar-refractivity contribution < 1.29 is 23.0 Å². The van der Waals surface area contributed by atoms with Crippen LogP contribution < -0.4 is 4.74 Å². The average molecular weight is 256 g/mol. The van der Waals surface area contributed by atoms with E-state index < -0.39 is 23.8 Å². The smallest absolute Gasteiger partial charge is 0.344 e. The van der Waals surface area contributed by atoms with E-state index in [1.54, 1.807) is 13.0 Å². The summed E-state index contributed by atoms with van der Waals surface area (Å²) in [6, 6.07) is 2.49. The van der Waals surface area contributed by atoms with Crippen LogP contribution in [-0.2, 0) is 4.74 Å². The van der Waals surface area contributed by atoms with Crippen LogP contribution in [0.3, 0.4) is 0 Å². The maximum atomic E-state index is 12.5. The summed E-state index contributed by atoms with van der Waals surface area (Å²) in [5, 5.41) is 8.84. The molecule has 18 heavy (non-hydrogen) atoms. The number of rotatable bonds is 4. The van der Waals surface area contributed by atoms with E-state index in [9.17, 15) is 13.6 Å². The van der Waals surface area contributed by atoms with Crippen LogP contribution in [0.1, 0.15) is 35.1 Å². The molecule has 0 saturated carbocycles. The lowest BCUT2D eigenvalue weighted by atomic mass is 10.1. The van der Waals surface area contributed by atoms with Crippen LogP contribution in [0.4, 0.5) is 8.78 Å². The van der Waals surface area contributed by atoms with Crippen LogP contribution in [0.15, 0.2) is 6.07 Å². The highest BCUT2D eigenvalue weighted by molar-refractivity contribution is 5.94. The molecule has 5 nitrogen and oxygen atoms in total. The molecule has 0 fully saturated rings. The van der Waals surface area contributed by atoms with Crippen molar-refractivity contribution in [3.8, 4) is 11.8 Å². The van der Waals surface area contributed by atoms with E-state index in [1.807, 2.05) is 0 Å². The molecular formula is C11H10F2N2O3. The predicted molar refractivity (Wildman–Crippen MR) is 56.4 cm³/mol. The van der Waals surface area contributed by atoms with Gasteiger partial charge in [-0.15, -0.1) is 0 Å². The highest BCUT2D eigenvalue weighted by Crippen LogP contribution is 2.27. The van der Waals surface area contributed by atoms with Crippen molar-refractivity contribution in [1.82, 2.24) is 4.98 Å². The van der Waals surface area contributed by atoms with Gasteiger partial charge >= 0.3 is 5.97 Å². The van der Waals surface area contributed by atoms with E-state index in [0.29, 0.717) is 0 Å². The van der Waals surface area contributed by atoms with Gasteiger partial charge in [-0.1, -0.05) is 0 Å². The number of carbonyl (C=O) groups excluding carboxylic acids is 1. The van der Waals surface area contributed by atoms with Gasteiger partial charge in [0.05, 0.1) is 13.7 Å². The zero-order chi connectivity index (χ0) is 13.7. The quantitative estimate of drug-likeness (QED) is 0.771. The number of methoxy groups -OCH3 is 1. The second-order valence-corrected chi connectivity index (χ2v) is 3.11. The number of nitriles is 1. The summed E-state index contributed by atoms with van der Waals surface area (Å²) >= 11 is 0. The maximum Gasteiger partial charge on any atom is 0.344 e. The molecule has 1 heterocycles. The zero-order valence-corrected chi connectivity index (χ0v) is 9.74. The largest absolute Gasteiger partial charge is 0.496 e. The first-order valence-electron chi connectivity index (χ1n) is 4.99. The SMILES string of the molecule is CCOC(=O)c1c(OC)cc(C(F)F)nc1C#N. The Bertz CT molecular complexity index is 498. The molecule has 0 radical (unpaired) electrons. The third kappa shape index (κ3) is 2.71. The summed E-state index contributed by atoms with van der Waals surface area (Å²) in [7, 11) is 1.20. The Kier molecular flexibility index (Phi) is 4.54. The van der Waals surface area contributed by atoms with Crippen molar-refractivity contribution in [2.45, 2.75) is 13.3 Å². The highest BCUT2D eigenvalue weighted by Gasteiger charge is 2.24. The minimum absolute atomic E-state index is 0.0868. The van der Waals surface area contributed by atoms with Crippen LogP contribution in [-0.4, -0.2) is 24.7 Å². The molecule has 0 aliphatic rings. The fourth-order valence-corrected chi connectivity index (χ4v) is 1.29. The molecule has 0 bridgehead atoms. The lowest BCUT2D eigenvalue weighted by Crippen LogP contribution is -2.12. The van der Waals surface area contributed by atoms with Gasteiger partial charge in [0.1, 0.15) is 23.1 Å². The van der Waals surface area contributed by atoms with Crippen molar-refractivity contribution in [1.29, 1.82) is 5.26 Å². The molecule has 0 atom stereocenters. The highest BCUT2D eigenvalue weighted by atomic mass is 19.3. The molecule has 1 aromatic heterocycles. The standard InChI is InChI=1S/C11H10F2N2O3/c1-3-18-11(16)9-7(5-14)15-6(10(12)13)4-8(9)17-2/h4,10H,3H2,1-2H3. The third-order valence-corrected chi connectivity index (χ3v) is 2.03. The molecule has 0 N–H and O–H groups in total. The summed E-state index contributed by atoms with van der Waals surface area (Å²) in [5.41, 5.74) is -1.31. The Morgan fingerprint density at radius 1 is 1.61 bits per heavy atom. The van der Waals surface area contributed by atoms with Gasteiger partial charge in [-0.3, -0.25) is 0 Å². The van der Waals surface area contributed by atoms with Crippen LogP contribution in [0.5, 0.6) is 5.75 Å². The number of halogens is 2. The van der Waals surface area contributed by atoms with E-state index >= 15 is 0 Å². The summed E-state index contributed by atoms with van der Waals surface area (Å²) < 4.78 is 34.6. The summed E-state index contributed by atoms with van der Waals surface area (Å²) in [6.07, 6.45) is -2.86. The molecule has 7 heteroatoms. The minimum Gasteiger partial charge on any atom is -0.496 e. The van der Waals surface area contributed by atoms with Crippen molar-refractivity contribution in [2.75, 3.05) is 13.7 Å². The first kappa shape index (κ1) is 13.8. The second kappa shape index (κ2) is 5.91. The molecule has 0 spiro atoms.